The number of carbonyl (C=O) groups excluding carboxylic acids is 2. The SMILES string of the molecule is CC(=O)N(C)c1ccc(NC(=O)CNC(c2cccnc2)C(F)(F)F)cc1. The highest BCUT2D eigenvalue weighted by atomic mass is 19.4. The van der Waals surface area contributed by atoms with Crippen molar-refractivity contribution in [2.75, 3.05) is 23.8 Å². The Morgan fingerprint density at radius 3 is 2.37 bits per heavy atom. The topological polar surface area (TPSA) is 74.3 Å². The van der Waals surface area contributed by atoms with Gasteiger partial charge >= 0.3 is 6.18 Å². The number of nitrogens with zero attached hydrogens (tertiary/aromatic N) is 2. The van der Waals surface area contributed by atoms with Gasteiger partial charge in [-0.2, -0.15) is 13.2 Å². The van der Waals surface area contributed by atoms with Gasteiger partial charge in [0.25, 0.3) is 0 Å². The number of benzene rings is 1. The van der Waals surface area contributed by atoms with Crippen molar-refractivity contribution in [1.29, 1.82) is 0 Å². The highest BCUT2D eigenvalue weighted by molar-refractivity contribution is 5.93. The van der Waals surface area contributed by atoms with E-state index in [4.69, 9.17) is 0 Å². The molecular formula is C18H19F3N4O2. The number of carbonyl (C=O) groups is 2. The van der Waals surface area contributed by atoms with Gasteiger partial charge in [-0.3, -0.25) is 19.9 Å². The fraction of sp³-hybridized carbons (Fsp3) is 0.278. The maximum atomic E-state index is 13.2. The van der Waals surface area contributed by atoms with Crippen molar-refractivity contribution in [3.8, 4) is 0 Å². The molecule has 0 saturated carbocycles. The van der Waals surface area contributed by atoms with Crippen molar-refractivity contribution in [2.24, 2.45) is 0 Å². The molecule has 2 rings (SSSR count). The van der Waals surface area contributed by atoms with Crippen LogP contribution in [-0.2, 0) is 9.59 Å². The molecule has 144 valence electrons. The van der Waals surface area contributed by atoms with Crippen LogP contribution >= 0.6 is 0 Å². The van der Waals surface area contributed by atoms with Gasteiger partial charge in [-0.1, -0.05) is 6.07 Å². The first kappa shape index (κ1) is 20.4. The zero-order valence-corrected chi connectivity index (χ0v) is 14.7. The standard InChI is InChI=1S/C18H19F3N4O2/c1-12(26)25(2)15-7-5-14(6-8-15)24-16(27)11-23-17(18(19,20)21)13-4-3-9-22-10-13/h3-10,17,23H,11H2,1-2H3,(H,24,27). The summed E-state index contributed by atoms with van der Waals surface area (Å²) in [5, 5.41) is 4.72. The molecule has 1 atom stereocenters. The molecule has 2 N–H and O–H groups in total. The number of nitrogens with one attached hydrogen (secondary N) is 2. The van der Waals surface area contributed by atoms with Gasteiger partial charge in [-0.25, -0.2) is 0 Å². The van der Waals surface area contributed by atoms with Gasteiger partial charge in [0.05, 0.1) is 6.54 Å². The van der Waals surface area contributed by atoms with Gasteiger partial charge in [0.15, 0.2) is 0 Å². The monoisotopic (exact) mass is 380 g/mol. The van der Waals surface area contributed by atoms with Gasteiger partial charge in [0, 0.05) is 37.7 Å². The summed E-state index contributed by atoms with van der Waals surface area (Å²) in [6.45, 7) is 0.884. The third kappa shape index (κ3) is 5.78. The van der Waals surface area contributed by atoms with Crippen molar-refractivity contribution in [3.05, 3.63) is 54.4 Å². The molecule has 1 heterocycles. The van der Waals surface area contributed by atoms with E-state index in [2.05, 4.69) is 15.6 Å². The Bertz CT molecular complexity index is 779. The lowest BCUT2D eigenvalue weighted by molar-refractivity contribution is -0.158. The molecule has 0 bridgehead atoms. The first-order valence-corrected chi connectivity index (χ1v) is 8.02. The Morgan fingerprint density at radius 1 is 1.19 bits per heavy atom. The van der Waals surface area contributed by atoms with Gasteiger partial charge in [-0.05, 0) is 35.9 Å². The predicted octanol–water partition coefficient (Wildman–Crippen LogP) is 2.90. The first-order valence-electron chi connectivity index (χ1n) is 8.02. The average Bonchev–Trinajstić information content (AvgIpc) is 2.61. The summed E-state index contributed by atoms with van der Waals surface area (Å²) in [7, 11) is 1.61. The molecule has 9 heteroatoms. The Hall–Kier alpha value is -2.94. The molecule has 1 aromatic carbocycles. The molecule has 0 aliphatic heterocycles. The van der Waals surface area contributed by atoms with E-state index in [0.29, 0.717) is 11.4 Å². The summed E-state index contributed by atoms with van der Waals surface area (Å²) in [5.74, 6) is -0.773. The molecule has 1 aromatic heterocycles. The van der Waals surface area contributed by atoms with Crippen molar-refractivity contribution in [3.63, 3.8) is 0 Å². The second kappa shape index (κ2) is 8.63. The van der Waals surface area contributed by atoms with Crippen molar-refractivity contribution in [2.45, 2.75) is 19.1 Å². The normalized spacial score (nSPS) is 12.3. The second-order valence-electron chi connectivity index (χ2n) is 5.81. The zero-order valence-electron chi connectivity index (χ0n) is 14.7. The Balaban J connectivity index is 1.97. The maximum absolute atomic E-state index is 13.2. The number of anilines is 2. The maximum Gasteiger partial charge on any atom is 0.407 e. The molecule has 2 aromatic rings. The molecule has 0 saturated heterocycles. The van der Waals surface area contributed by atoms with Crippen LogP contribution < -0.4 is 15.5 Å². The minimum absolute atomic E-state index is 0.0746. The lowest BCUT2D eigenvalue weighted by Crippen LogP contribution is -2.38. The number of halogens is 3. The Kier molecular flexibility index (Phi) is 6.51. The van der Waals surface area contributed by atoms with Gasteiger partial charge in [0.1, 0.15) is 6.04 Å². The third-order valence-corrected chi connectivity index (χ3v) is 3.82. The van der Waals surface area contributed by atoms with Crippen LogP contribution in [0, 0.1) is 0 Å². The van der Waals surface area contributed by atoms with E-state index in [1.165, 1.54) is 30.2 Å². The highest BCUT2D eigenvalue weighted by Crippen LogP contribution is 2.32. The summed E-state index contributed by atoms with van der Waals surface area (Å²) in [6.07, 6.45) is -2.09. The lowest BCUT2D eigenvalue weighted by Gasteiger charge is -2.21. The number of amides is 2. The van der Waals surface area contributed by atoms with Gasteiger partial charge < -0.3 is 10.2 Å². The number of alkyl halides is 3. The largest absolute Gasteiger partial charge is 0.407 e. The van der Waals surface area contributed by atoms with E-state index >= 15 is 0 Å². The van der Waals surface area contributed by atoms with Crippen molar-refractivity contribution < 1.29 is 22.8 Å². The van der Waals surface area contributed by atoms with Gasteiger partial charge in [0.2, 0.25) is 11.8 Å². The first-order chi connectivity index (χ1) is 12.7. The van der Waals surface area contributed by atoms with E-state index < -0.39 is 24.7 Å². The predicted molar refractivity (Wildman–Crippen MR) is 95.2 cm³/mol. The lowest BCUT2D eigenvalue weighted by atomic mass is 10.1. The second-order valence-corrected chi connectivity index (χ2v) is 5.81. The minimum Gasteiger partial charge on any atom is -0.325 e. The van der Waals surface area contributed by atoms with Crippen molar-refractivity contribution >= 4 is 23.2 Å². The van der Waals surface area contributed by atoms with Crippen LogP contribution in [0.5, 0.6) is 0 Å². The van der Waals surface area contributed by atoms with E-state index in [0.717, 1.165) is 6.20 Å². The van der Waals surface area contributed by atoms with E-state index in [-0.39, 0.29) is 11.5 Å². The minimum atomic E-state index is -4.57. The molecule has 0 spiro atoms. The molecule has 27 heavy (non-hydrogen) atoms. The van der Waals surface area contributed by atoms with Crippen LogP contribution in [0.3, 0.4) is 0 Å². The third-order valence-electron chi connectivity index (χ3n) is 3.82. The van der Waals surface area contributed by atoms with Crippen LogP contribution in [0.15, 0.2) is 48.8 Å². The number of hydrogen-bond donors (Lipinski definition) is 2. The average molecular weight is 380 g/mol. The Labute approximate surface area is 154 Å². The van der Waals surface area contributed by atoms with Crippen molar-refractivity contribution in [1.82, 2.24) is 10.3 Å². The number of aromatic nitrogens is 1. The summed E-state index contributed by atoms with van der Waals surface area (Å²) in [6, 6.07) is 7.07. The summed E-state index contributed by atoms with van der Waals surface area (Å²) in [5.41, 5.74) is 0.967. The zero-order chi connectivity index (χ0) is 20.0. The Morgan fingerprint density at radius 2 is 1.85 bits per heavy atom. The fourth-order valence-corrected chi connectivity index (χ4v) is 2.32. The molecule has 1 unspecified atom stereocenters. The number of pyridine rings is 1. The van der Waals surface area contributed by atoms with E-state index in [1.807, 2.05) is 0 Å². The van der Waals surface area contributed by atoms with E-state index in [9.17, 15) is 22.8 Å². The van der Waals surface area contributed by atoms with Crippen LogP contribution in [0.2, 0.25) is 0 Å². The molecule has 2 amide bonds. The number of rotatable bonds is 6. The van der Waals surface area contributed by atoms with Gasteiger partial charge in [-0.15, -0.1) is 0 Å². The van der Waals surface area contributed by atoms with Crippen LogP contribution in [-0.4, -0.2) is 36.6 Å². The van der Waals surface area contributed by atoms with Crippen LogP contribution in [0.4, 0.5) is 24.5 Å². The number of hydrogen-bond acceptors (Lipinski definition) is 4. The summed E-state index contributed by atoms with van der Waals surface area (Å²) >= 11 is 0. The quantitative estimate of drug-likeness (QED) is 0.808. The van der Waals surface area contributed by atoms with Crippen LogP contribution in [0.1, 0.15) is 18.5 Å². The molecule has 0 aliphatic carbocycles. The summed E-state index contributed by atoms with van der Waals surface area (Å²) < 4.78 is 39.6. The molecule has 0 fully saturated rings. The molecule has 0 aliphatic rings. The fourth-order valence-electron chi connectivity index (χ4n) is 2.32. The van der Waals surface area contributed by atoms with Crippen LogP contribution in [0.25, 0.3) is 0 Å². The van der Waals surface area contributed by atoms with E-state index in [1.54, 1.807) is 31.3 Å². The molecule has 6 nitrogen and oxygen atoms in total. The summed E-state index contributed by atoms with van der Waals surface area (Å²) in [4.78, 5) is 28.4. The molecule has 0 radical (unpaired) electrons. The highest BCUT2D eigenvalue weighted by Gasteiger charge is 2.40. The molecular weight excluding hydrogens is 361 g/mol. The smallest absolute Gasteiger partial charge is 0.325 e.